The average molecular weight is 244 g/mol. The number of hydrogen-bond donors (Lipinski definition) is 2. The molecule has 0 fully saturated rings. The first-order valence-electron chi connectivity index (χ1n) is 4.25. The fourth-order valence-corrected chi connectivity index (χ4v) is 1.88. The zero-order chi connectivity index (χ0) is 10.0. The van der Waals surface area contributed by atoms with Crippen molar-refractivity contribution in [1.82, 2.24) is 0 Å². The van der Waals surface area contributed by atoms with Crippen LogP contribution in [-0.2, 0) is 0 Å². The predicted molar refractivity (Wildman–Crippen MR) is 58.0 cm³/mol. The van der Waals surface area contributed by atoms with Crippen molar-refractivity contribution < 1.29 is 5.11 Å². The Kier molecular flexibility index (Phi) is 3.33. The number of rotatable bonds is 2. The molecule has 72 valence electrons. The van der Waals surface area contributed by atoms with Gasteiger partial charge in [-0.25, -0.2) is 0 Å². The van der Waals surface area contributed by atoms with E-state index in [1.807, 2.05) is 13.8 Å². The smallest absolute Gasteiger partial charge is 0.116 e. The monoisotopic (exact) mass is 243 g/mol. The second kappa shape index (κ2) is 4.11. The van der Waals surface area contributed by atoms with Crippen LogP contribution in [-0.4, -0.2) is 11.7 Å². The molecular weight excluding hydrogens is 230 g/mol. The van der Waals surface area contributed by atoms with Crippen molar-refractivity contribution in [2.45, 2.75) is 19.8 Å². The van der Waals surface area contributed by atoms with Gasteiger partial charge in [0.05, 0.1) is 0 Å². The summed E-state index contributed by atoms with van der Waals surface area (Å²) in [6, 6.07) is 3.49. The van der Waals surface area contributed by atoms with Crippen LogP contribution in [0.5, 0.6) is 5.75 Å². The zero-order valence-electron chi connectivity index (χ0n) is 7.84. The highest BCUT2D eigenvalue weighted by Crippen LogP contribution is 2.31. The Morgan fingerprint density at radius 1 is 1.54 bits per heavy atom. The van der Waals surface area contributed by atoms with Crippen LogP contribution >= 0.6 is 15.9 Å². The minimum atomic E-state index is 0.264. The van der Waals surface area contributed by atoms with Crippen LogP contribution in [0.3, 0.4) is 0 Å². The molecule has 0 radical (unpaired) electrons. The fourth-order valence-electron chi connectivity index (χ4n) is 1.26. The van der Waals surface area contributed by atoms with E-state index in [0.717, 1.165) is 15.6 Å². The van der Waals surface area contributed by atoms with Gasteiger partial charge in [0.2, 0.25) is 0 Å². The molecule has 0 saturated carbocycles. The van der Waals surface area contributed by atoms with E-state index in [4.69, 9.17) is 5.73 Å². The molecule has 3 heteroatoms. The van der Waals surface area contributed by atoms with Crippen LogP contribution in [0, 0.1) is 6.92 Å². The summed E-state index contributed by atoms with van der Waals surface area (Å²) in [7, 11) is 0. The van der Waals surface area contributed by atoms with Gasteiger partial charge in [-0.15, -0.1) is 0 Å². The summed E-state index contributed by atoms with van der Waals surface area (Å²) in [5, 5.41) is 9.40. The highest BCUT2D eigenvalue weighted by atomic mass is 79.9. The van der Waals surface area contributed by atoms with Crippen molar-refractivity contribution in [2.75, 3.05) is 6.54 Å². The van der Waals surface area contributed by atoms with Crippen LogP contribution in [0.25, 0.3) is 0 Å². The second-order valence-corrected chi connectivity index (χ2v) is 4.10. The molecule has 0 aliphatic rings. The highest BCUT2D eigenvalue weighted by Gasteiger charge is 2.10. The number of aryl methyl sites for hydroxylation is 1. The lowest BCUT2D eigenvalue weighted by Crippen LogP contribution is -2.09. The molecule has 13 heavy (non-hydrogen) atoms. The number of phenolic OH excluding ortho intramolecular Hbond substituents is 1. The molecule has 0 aliphatic carbocycles. The van der Waals surface area contributed by atoms with Gasteiger partial charge in [0, 0.05) is 4.47 Å². The van der Waals surface area contributed by atoms with Crippen LogP contribution in [0.15, 0.2) is 16.6 Å². The molecule has 2 nitrogen and oxygen atoms in total. The predicted octanol–water partition coefficient (Wildman–Crippen LogP) is 2.53. The SMILES string of the molecule is Cc1cc(O)cc(C(C)CN)c1Br. The van der Waals surface area contributed by atoms with Gasteiger partial charge in [0.1, 0.15) is 5.75 Å². The molecule has 1 aromatic rings. The van der Waals surface area contributed by atoms with Gasteiger partial charge >= 0.3 is 0 Å². The average Bonchev–Trinajstić information content (AvgIpc) is 2.10. The summed E-state index contributed by atoms with van der Waals surface area (Å²) in [5.74, 6) is 0.566. The van der Waals surface area contributed by atoms with Crippen molar-refractivity contribution in [3.63, 3.8) is 0 Å². The number of hydrogen-bond acceptors (Lipinski definition) is 2. The molecule has 0 aromatic heterocycles. The van der Waals surface area contributed by atoms with Gasteiger partial charge in [-0.2, -0.15) is 0 Å². The maximum atomic E-state index is 9.40. The van der Waals surface area contributed by atoms with E-state index in [2.05, 4.69) is 15.9 Å². The molecule has 0 bridgehead atoms. The van der Waals surface area contributed by atoms with Crippen molar-refractivity contribution in [1.29, 1.82) is 0 Å². The molecule has 1 unspecified atom stereocenters. The molecule has 3 N–H and O–H groups in total. The fraction of sp³-hybridized carbons (Fsp3) is 0.400. The van der Waals surface area contributed by atoms with Crippen LogP contribution in [0.1, 0.15) is 24.0 Å². The van der Waals surface area contributed by atoms with Crippen molar-refractivity contribution in [3.05, 3.63) is 27.7 Å². The second-order valence-electron chi connectivity index (χ2n) is 3.30. The quantitative estimate of drug-likeness (QED) is 0.839. The van der Waals surface area contributed by atoms with E-state index in [1.165, 1.54) is 0 Å². The van der Waals surface area contributed by atoms with E-state index in [0.29, 0.717) is 12.3 Å². The van der Waals surface area contributed by atoms with E-state index >= 15 is 0 Å². The van der Waals surface area contributed by atoms with Gasteiger partial charge in [0.15, 0.2) is 0 Å². The van der Waals surface area contributed by atoms with Gasteiger partial charge in [-0.05, 0) is 42.6 Å². The van der Waals surface area contributed by atoms with E-state index < -0.39 is 0 Å². The van der Waals surface area contributed by atoms with Gasteiger partial charge < -0.3 is 10.8 Å². The lowest BCUT2D eigenvalue weighted by atomic mass is 9.99. The standard InChI is InChI=1S/C10H14BrNO/c1-6-3-8(13)4-9(10(6)11)7(2)5-12/h3-4,7,13H,5,12H2,1-2H3. The number of phenols is 1. The van der Waals surface area contributed by atoms with Gasteiger partial charge in [0.25, 0.3) is 0 Å². The normalized spacial score (nSPS) is 12.9. The molecule has 0 heterocycles. The maximum absolute atomic E-state index is 9.40. The van der Waals surface area contributed by atoms with Gasteiger partial charge in [-0.3, -0.25) is 0 Å². The van der Waals surface area contributed by atoms with Crippen molar-refractivity contribution in [2.24, 2.45) is 5.73 Å². The molecule has 1 rings (SSSR count). The first-order chi connectivity index (χ1) is 6.06. The molecular formula is C10H14BrNO. The number of aromatic hydroxyl groups is 1. The number of benzene rings is 1. The third kappa shape index (κ3) is 2.23. The van der Waals surface area contributed by atoms with Gasteiger partial charge in [-0.1, -0.05) is 22.9 Å². The Bertz CT molecular complexity index is 312. The van der Waals surface area contributed by atoms with E-state index in [-0.39, 0.29) is 5.92 Å². The van der Waals surface area contributed by atoms with Crippen LogP contribution < -0.4 is 5.73 Å². The summed E-state index contributed by atoms with van der Waals surface area (Å²) in [5.41, 5.74) is 7.68. The summed E-state index contributed by atoms with van der Waals surface area (Å²) >= 11 is 3.49. The largest absolute Gasteiger partial charge is 0.508 e. The van der Waals surface area contributed by atoms with Crippen molar-refractivity contribution >= 4 is 15.9 Å². The third-order valence-corrected chi connectivity index (χ3v) is 3.24. The van der Waals surface area contributed by atoms with Crippen LogP contribution in [0.2, 0.25) is 0 Å². The minimum absolute atomic E-state index is 0.264. The summed E-state index contributed by atoms with van der Waals surface area (Å²) in [4.78, 5) is 0. The topological polar surface area (TPSA) is 46.2 Å². The first-order valence-corrected chi connectivity index (χ1v) is 5.04. The van der Waals surface area contributed by atoms with Crippen molar-refractivity contribution in [3.8, 4) is 5.75 Å². The third-order valence-electron chi connectivity index (χ3n) is 2.15. The lowest BCUT2D eigenvalue weighted by molar-refractivity contribution is 0.473. The summed E-state index contributed by atoms with van der Waals surface area (Å²) < 4.78 is 1.04. The summed E-state index contributed by atoms with van der Waals surface area (Å²) in [6.45, 7) is 4.58. The molecule has 0 aliphatic heterocycles. The molecule has 1 aromatic carbocycles. The van der Waals surface area contributed by atoms with E-state index in [1.54, 1.807) is 12.1 Å². The highest BCUT2D eigenvalue weighted by molar-refractivity contribution is 9.10. The summed E-state index contributed by atoms with van der Waals surface area (Å²) in [6.07, 6.45) is 0. The number of halogens is 1. The minimum Gasteiger partial charge on any atom is -0.508 e. The molecule has 0 amide bonds. The maximum Gasteiger partial charge on any atom is 0.116 e. The molecule has 0 saturated heterocycles. The Labute approximate surface area is 86.9 Å². The molecule has 1 atom stereocenters. The van der Waals surface area contributed by atoms with Crippen LogP contribution in [0.4, 0.5) is 0 Å². The number of nitrogens with two attached hydrogens (primary N) is 1. The Hall–Kier alpha value is -0.540. The molecule has 0 spiro atoms. The first kappa shape index (κ1) is 10.5. The Balaban J connectivity index is 3.20. The zero-order valence-corrected chi connectivity index (χ0v) is 9.43. The lowest BCUT2D eigenvalue weighted by Gasteiger charge is -2.13. The Morgan fingerprint density at radius 3 is 2.69 bits per heavy atom. The van der Waals surface area contributed by atoms with E-state index in [9.17, 15) is 5.11 Å². The Morgan fingerprint density at radius 2 is 2.15 bits per heavy atom.